The number of rotatable bonds is 6. The van der Waals surface area contributed by atoms with Gasteiger partial charge in [0.15, 0.2) is 0 Å². The van der Waals surface area contributed by atoms with E-state index in [1.54, 1.807) is 6.92 Å². The van der Waals surface area contributed by atoms with Gasteiger partial charge in [0, 0.05) is 26.7 Å². The van der Waals surface area contributed by atoms with Crippen molar-refractivity contribution in [3.63, 3.8) is 0 Å². The largest absolute Gasteiger partial charge is 0.335 e. The van der Waals surface area contributed by atoms with Crippen LogP contribution in [-0.4, -0.2) is 53.9 Å². The van der Waals surface area contributed by atoms with Crippen LogP contribution in [0.4, 0.5) is 4.79 Å². The molecule has 1 heterocycles. The predicted molar refractivity (Wildman–Crippen MR) is 123 cm³/mol. The number of aromatic nitrogens is 2. The van der Waals surface area contributed by atoms with Crippen molar-refractivity contribution in [1.82, 2.24) is 24.1 Å². The minimum absolute atomic E-state index is 0.0117. The van der Waals surface area contributed by atoms with Crippen LogP contribution < -0.4 is 21.8 Å². The summed E-state index contributed by atoms with van der Waals surface area (Å²) in [5.74, 6) is -0.791. The number of fused-ring (bicyclic) bond motifs is 1. The molecule has 180 valence electrons. The lowest BCUT2D eigenvalue weighted by molar-refractivity contribution is -0.120. The Morgan fingerprint density at radius 2 is 1.67 bits per heavy atom. The van der Waals surface area contributed by atoms with Crippen molar-refractivity contribution in [2.45, 2.75) is 63.1 Å². The minimum atomic E-state index is -3.83. The number of amides is 3. The summed E-state index contributed by atoms with van der Waals surface area (Å²) in [6, 6.07) is 3.35. The van der Waals surface area contributed by atoms with Gasteiger partial charge in [-0.25, -0.2) is 17.5 Å². The van der Waals surface area contributed by atoms with Crippen LogP contribution in [0.1, 0.15) is 39.0 Å². The van der Waals surface area contributed by atoms with Crippen molar-refractivity contribution in [3.8, 4) is 0 Å². The molecule has 12 heteroatoms. The Bertz CT molecular complexity index is 1290. The van der Waals surface area contributed by atoms with Gasteiger partial charge in [-0.1, -0.05) is 19.3 Å². The number of aryl methyl sites for hydroxylation is 1. The number of imide groups is 1. The molecule has 1 aliphatic carbocycles. The highest BCUT2D eigenvalue weighted by Crippen LogP contribution is 2.20. The average molecular weight is 480 g/mol. The molecule has 0 spiro atoms. The summed E-state index contributed by atoms with van der Waals surface area (Å²) in [5.41, 5.74) is -1.41. The molecule has 1 fully saturated rings. The van der Waals surface area contributed by atoms with E-state index >= 15 is 0 Å². The topological polar surface area (TPSA) is 140 Å². The van der Waals surface area contributed by atoms with Gasteiger partial charge in [-0.3, -0.25) is 24.3 Å². The first-order valence-corrected chi connectivity index (χ1v) is 12.3. The van der Waals surface area contributed by atoms with Crippen LogP contribution in [0.25, 0.3) is 11.0 Å². The normalized spacial score (nSPS) is 15.0. The number of carbonyl (C=O) groups excluding carboxylic acids is 2. The minimum Gasteiger partial charge on any atom is -0.335 e. The molecular weight excluding hydrogens is 450 g/mol. The summed E-state index contributed by atoms with van der Waals surface area (Å²) in [7, 11) is -1.08. The van der Waals surface area contributed by atoms with Crippen LogP contribution >= 0.6 is 0 Å². The lowest BCUT2D eigenvalue weighted by Gasteiger charge is -2.22. The quantitative estimate of drug-likeness (QED) is 0.582. The van der Waals surface area contributed by atoms with E-state index in [0.717, 1.165) is 41.0 Å². The summed E-state index contributed by atoms with van der Waals surface area (Å²) in [6.45, 7) is 1.25. The van der Waals surface area contributed by atoms with Crippen LogP contribution in [0.15, 0.2) is 32.7 Å². The van der Waals surface area contributed by atoms with Crippen molar-refractivity contribution < 1.29 is 18.0 Å². The highest BCUT2D eigenvalue weighted by atomic mass is 32.2. The zero-order valence-corrected chi connectivity index (χ0v) is 19.8. The number of nitrogens with one attached hydrogen (secondary N) is 2. The molecule has 0 radical (unpaired) electrons. The maximum atomic E-state index is 12.8. The van der Waals surface area contributed by atoms with Gasteiger partial charge >= 0.3 is 17.1 Å². The zero-order chi connectivity index (χ0) is 24.3. The molecule has 0 bridgehead atoms. The summed E-state index contributed by atoms with van der Waals surface area (Å²) < 4.78 is 28.3. The van der Waals surface area contributed by atoms with Gasteiger partial charge in [0.2, 0.25) is 15.9 Å². The third-order valence-corrected chi connectivity index (χ3v) is 7.60. The smallest absolute Gasteiger partial charge is 0.321 e. The van der Waals surface area contributed by atoms with Gasteiger partial charge in [0.05, 0.1) is 15.9 Å². The van der Waals surface area contributed by atoms with E-state index in [1.807, 2.05) is 0 Å². The van der Waals surface area contributed by atoms with E-state index in [1.165, 1.54) is 36.9 Å². The van der Waals surface area contributed by atoms with Crippen molar-refractivity contribution in [2.24, 2.45) is 0 Å². The van der Waals surface area contributed by atoms with Crippen molar-refractivity contribution in [2.75, 3.05) is 14.1 Å². The second kappa shape index (κ2) is 9.87. The van der Waals surface area contributed by atoms with Crippen molar-refractivity contribution >= 4 is 33.0 Å². The van der Waals surface area contributed by atoms with E-state index in [4.69, 9.17) is 0 Å². The van der Waals surface area contributed by atoms with Crippen LogP contribution in [0.5, 0.6) is 0 Å². The number of benzene rings is 1. The summed E-state index contributed by atoms with van der Waals surface area (Å²) >= 11 is 0. The Labute approximate surface area is 191 Å². The second-order valence-electron chi connectivity index (χ2n) is 8.24. The second-order valence-corrected chi connectivity index (χ2v) is 10.4. The molecule has 0 saturated heterocycles. The Morgan fingerprint density at radius 3 is 2.27 bits per heavy atom. The molecule has 1 aliphatic rings. The molecule has 1 aromatic carbocycles. The van der Waals surface area contributed by atoms with Gasteiger partial charge < -0.3 is 9.88 Å². The first-order chi connectivity index (χ1) is 15.6. The SMILES string of the molecule is CCn1c(=O)c(=O)n(CC(=O)NC(=O)NC2CCCCC2)c2cc(S(=O)(=O)N(C)C)ccc21. The fraction of sp³-hybridized carbons (Fsp3) is 0.524. The molecule has 0 atom stereocenters. The number of carbonyl (C=O) groups is 2. The van der Waals surface area contributed by atoms with E-state index in [9.17, 15) is 27.6 Å². The van der Waals surface area contributed by atoms with Crippen molar-refractivity contribution in [1.29, 1.82) is 0 Å². The van der Waals surface area contributed by atoms with Gasteiger partial charge in [-0.15, -0.1) is 0 Å². The standard InChI is InChI=1S/C21H29N5O6S/c1-4-25-16-11-10-15(33(31,32)24(2)3)12-17(16)26(20(29)19(25)28)13-18(27)23-21(30)22-14-8-6-5-7-9-14/h10-12,14H,4-9,13H2,1-3H3,(H2,22,23,27,30). The lowest BCUT2D eigenvalue weighted by Crippen LogP contribution is -2.48. The fourth-order valence-corrected chi connectivity index (χ4v) is 4.94. The maximum Gasteiger partial charge on any atom is 0.321 e. The molecule has 1 saturated carbocycles. The zero-order valence-electron chi connectivity index (χ0n) is 19.0. The molecule has 11 nitrogen and oxygen atoms in total. The number of nitrogens with zero attached hydrogens (tertiary/aromatic N) is 3. The Hall–Kier alpha value is -2.99. The highest BCUT2D eigenvalue weighted by molar-refractivity contribution is 7.89. The van der Waals surface area contributed by atoms with E-state index in [-0.39, 0.29) is 23.0 Å². The Kier molecular flexibility index (Phi) is 7.38. The molecule has 2 aromatic rings. The van der Waals surface area contributed by atoms with Crippen LogP contribution in [0, 0.1) is 0 Å². The van der Waals surface area contributed by atoms with E-state index in [0.29, 0.717) is 5.52 Å². The monoisotopic (exact) mass is 479 g/mol. The van der Waals surface area contributed by atoms with Gasteiger partial charge in [-0.2, -0.15) is 0 Å². The average Bonchev–Trinajstić information content (AvgIpc) is 2.77. The Balaban J connectivity index is 1.97. The number of hydrogen-bond acceptors (Lipinski definition) is 6. The first-order valence-electron chi connectivity index (χ1n) is 10.9. The van der Waals surface area contributed by atoms with Crippen LogP contribution in [-0.2, 0) is 27.9 Å². The molecule has 1 aromatic heterocycles. The maximum absolute atomic E-state index is 12.8. The molecule has 2 N–H and O–H groups in total. The molecule has 33 heavy (non-hydrogen) atoms. The molecule has 3 rings (SSSR count). The fourth-order valence-electron chi connectivity index (χ4n) is 4.02. The Morgan fingerprint density at radius 1 is 1.03 bits per heavy atom. The molecular formula is C21H29N5O6S. The summed E-state index contributed by atoms with van der Waals surface area (Å²) in [4.78, 5) is 50.0. The van der Waals surface area contributed by atoms with Gasteiger partial charge in [0.1, 0.15) is 6.54 Å². The number of urea groups is 1. The lowest BCUT2D eigenvalue weighted by atomic mass is 9.96. The van der Waals surface area contributed by atoms with Gasteiger partial charge in [-0.05, 0) is 38.0 Å². The third-order valence-electron chi connectivity index (χ3n) is 5.79. The summed E-state index contributed by atoms with van der Waals surface area (Å²) in [5, 5.41) is 4.94. The van der Waals surface area contributed by atoms with E-state index in [2.05, 4.69) is 10.6 Å². The molecule has 0 unspecified atom stereocenters. The molecule has 3 amide bonds. The number of sulfonamides is 1. The molecule has 0 aliphatic heterocycles. The first kappa shape index (κ1) is 24.6. The number of hydrogen-bond donors (Lipinski definition) is 2. The highest BCUT2D eigenvalue weighted by Gasteiger charge is 2.22. The van der Waals surface area contributed by atoms with Crippen LogP contribution in [0.3, 0.4) is 0 Å². The van der Waals surface area contributed by atoms with E-state index < -0.39 is 39.6 Å². The third kappa shape index (κ3) is 5.17. The summed E-state index contributed by atoms with van der Waals surface area (Å²) in [6.07, 6.45) is 4.80. The van der Waals surface area contributed by atoms with Crippen molar-refractivity contribution in [3.05, 3.63) is 38.9 Å². The van der Waals surface area contributed by atoms with Crippen LogP contribution in [0.2, 0.25) is 0 Å². The van der Waals surface area contributed by atoms with Gasteiger partial charge in [0.25, 0.3) is 0 Å². The predicted octanol–water partition coefficient (Wildman–Crippen LogP) is 0.592.